The van der Waals surface area contributed by atoms with E-state index in [4.69, 9.17) is 0 Å². The molecule has 0 N–H and O–H groups in total. The van der Waals surface area contributed by atoms with E-state index < -0.39 is 9.84 Å². The van der Waals surface area contributed by atoms with Crippen LogP contribution in [0.15, 0.2) is 0 Å². The summed E-state index contributed by atoms with van der Waals surface area (Å²) in [6, 6.07) is 0.404. The summed E-state index contributed by atoms with van der Waals surface area (Å²) in [7, 11) is -2.84. The molecule has 1 saturated heterocycles. The van der Waals surface area contributed by atoms with Gasteiger partial charge < -0.3 is 4.90 Å². The highest BCUT2D eigenvalue weighted by Gasteiger charge is 2.31. The molecule has 0 amide bonds. The fraction of sp³-hybridized carbons (Fsp3) is 1.00. The Hall–Kier alpha value is -0.0900. The zero-order chi connectivity index (χ0) is 11.6. The van der Waals surface area contributed by atoms with Crippen molar-refractivity contribution >= 4 is 9.84 Å². The Morgan fingerprint density at radius 3 is 2.40 bits per heavy atom. The zero-order valence-corrected chi connectivity index (χ0v) is 11.0. The standard InChI is InChI=1S/C11H23NO2S/c1-9(2)8-12-6-5-11(7-10(12)3)15(4,13)14/h9-11H,5-8H2,1-4H3/t10-,11?/m0/s1. The molecule has 0 aromatic carbocycles. The Kier molecular flexibility index (Phi) is 4.18. The number of hydrogen-bond donors (Lipinski definition) is 0. The topological polar surface area (TPSA) is 37.4 Å². The van der Waals surface area contributed by atoms with Crippen LogP contribution < -0.4 is 0 Å². The molecule has 1 heterocycles. The minimum atomic E-state index is -2.84. The van der Waals surface area contributed by atoms with Crippen LogP contribution in [0.1, 0.15) is 33.6 Å². The molecule has 0 radical (unpaired) electrons. The van der Waals surface area contributed by atoms with Crippen molar-refractivity contribution in [2.45, 2.75) is 44.9 Å². The van der Waals surface area contributed by atoms with Gasteiger partial charge in [0.25, 0.3) is 0 Å². The molecule has 1 unspecified atom stereocenters. The fourth-order valence-corrected chi connectivity index (χ4v) is 3.47. The normalized spacial score (nSPS) is 29.7. The van der Waals surface area contributed by atoms with Gasteiger partial charge in [0.05, 0.1) is 5.25 Å². The van der Waals surface area contributed by atoms with Crippen LogP contribution in [0.3, 0.4) is 0 Å². The molecule has 0 aliphatic carbocycles. The van der Waals surface area contributed by atoms with Crippen LogP contribution in [-0.2, 0) is 9.84 Å². The van der Waals surface area contributed by atoms with E-state index in [0.717, 1.165) is 25.9 Å². The van der Waals surface area contributed by atoms with Gasteiger partial charge in [0.15, 0.2) is 0 Å². The lowest BCUT2D eigenvalue weighted by Gasteiger charge is -2.37. The zero-order valence-electron chi connectivity index (χ0n) is 10.2. The van der Waals surface area contributed by atoms with E-state index in [0.29, 0.717) is 12.0 Å². The summed E-state index contributed by atoms with van der Waals surface area (Å²) in [5.74, 6) is 0.655. The first-order valence-corrected chi connectivity index (χ1v) is 7.69. The van der Waals surface area contributed by atoms with E-state index in [9.17, 15) is 8.42 Å². The molecule has 0 bridgehead atoms. The average molecular weight is 233 g/mol. The van der Waals surface area contributed by atoms with Crippen molar-refractivity contribution in [2.24, 2.45) is 5.92 Å². The third kappa shape index (κ3) is 3.76. The second kappa shape index (κ2) is 4.83. The molecule has 15 heavy (non-hydrogen) atoms. The number of nitrogens with zero attached hydrogens (tertiary/aromatic N) is 1. The lowest BCUT2D eigenvalue weighted by molar-refractivity contribution is 0.145. The Balaban J connectivity index is 2.55. The lowest BCUT2D eigenvalue weighted by atomic mass is 10.0. The smallest absolute Gasteiger partial charge is 0.150 e. The Labute approximate surface area is 93.8 Å². The van der Waals surface area contributed by atoms with E-state index in [1.165, 1.54) is 6.26 Å². The van der Waals surface area contributed by atoms with Crippen molar-refractivity contribution in [2.75, 3.05) is 19.3 Å². The molecule has 0 saturated carbocycles. The Morgan fingerprint density at radius 2 is 2.00 bits per heavy atom. The molecule has 90 valence electrons. The molecule has 2 atom stereocenters. The maximum atomic E-state index is 11.4. The molecular weight excluding hydrogens is 210 g/mol. The van der Waals surface area contributed by atoms with Crippen LogP contribution in [0.25, 0.3) is 0 Å². The summed E-state index contributed by atoms with van der Waals surface area (Å²) in [4.78, 5) is 2.41. The summed E-state index contributed by atoms with van der Waals surface area (Å²) >= 11 is 0. The largest absolute Gasteiger partial charge is 0.300 e. The fourth-order valence-electron chi connectivity index (χ4n) is 2.31. The predicted octanol–water partition coefficient (Wildman–Crippen LogP) is 1.54. The third-order valence-corrected chi connectivity index (χ3v) is 4.81. The highest BCUT2D eigenvalue weighted by Crippen LogP contribution is 2.23. The second-order valence-electron chi connectivity index (χ2n) is 5.21. The van der Waals surface area contributed by atoms with Crippen LogP contribution in [0.2, 0.25) is 0 Å². The van der Waals surface area contributed by atoms with Gasteiger partial charge in [0.2, 0.25) is 0 Å². The maximum absolute atomic E-state index is 11.4. The minimum Gasteiger partial charge on any atom is -0.300 e. The molecule has 0 aromatic heterocycles. The molecule has 1 fully saturated rings. The van der Waals surface area contributed by atoms with Gasteiger partial charge in [-0.2, -0.15) is 0 Å². The van der Waals surface area contributed by atoms with Gasteiger partial charge in [0.1, 0.15) is 9.84 Å². The predicted molar refractivity (Wildman–Crippen MR) is 63.7 cm³/mol. The van der Waals surface area contributed by atoms with Crippen molar-refractivity contribution in [3.05, 3.63) is 0 Å². The number of hydrogen-bond acceptors (Lipinski definition) is 3. The summed E-state index contributed by atoms with van der Waals surface area (Å²) in [5.41, 5.74) is 0. The lowest BCUT2D eigenvalue weighted by Crippen LogP contribution is -2.46. The van der Waals surface area contributed by atoms with E-state index >= 15 is 0 Å². The van der Waals surface area contributed by atoms with Gasteiger partial charge >= 0.3 is 0 Å². The van der Waals surface area contributed by atoms with Gasteiger partial charge in [-0.05, 0) is 32.2 Å². The molecule has 0 aromatic rings. The third-order valence-electron chi connectivity index (χ3n) is 3.17. The highest BCUT2D eigenvalue weighted by atomic mass is 32.2. The summed E-state index contributed by atoms with van der Waals surface area (Å²) in [5, 5.41) is -0.115. The summed E-state index contributed by atoms with van der Waals surface area (Å²) in [6.45, 7) is 8.55. The highest BCUT2D eigenvalue weighted by molar-refractivity contribution is 7.91. The molecule has 1 aliphatic rings. The van der Waals surface area contributed by atoms with Crippen molar-refractivity contribution in [1.29, 1.82) is 0 Å². The van der Waals surface area contributed by atoms with Crippen molar-refractivity contribution in [1.82, 2.24) is 4.90 Å². The van der Waals surface area contributed by atoms with Crippen LogP contribution in [0.4, 0.5) is 0 Å². The van der Waals surface area contributed by atoms with E-state index in [1.807, 2.05) is 0 Å². The van der Waals surface area contributed by atoms with E-state index in [1.54, 1.807) is 0 Å². The quantitative estimate of drug-likeness (QED) is 0.742. The minimum absolute atomic E-state index is 0.115. The van der Waals surface area contributed by atoms with Crippen molar-refractivity contribution in [3.8, 4) is 0 Å². The van der Waals surface area contributed by atoms with Crippen LogP contribution in [0.5, 0.6) is 0 Å². The molecule has 4 heteroatoms. The monoisotopic (exact) mass is 233 g/mol. The summed E-state index contributed by atoms with van der Waals surface area (Å²) in [6.07, 6.45) is 2.96. The van der Waals surface area contributed by atoms with Crippen molar-refractivity contribution in [3.63, 3.8) is 0 Å². The first-order valence-electron chi connectivity index (χ1n) is 5.73. The molecule has 1 aliphatic heterocycles. The number of piperidine rings is 1. The van der Waals surface area contributed by atoms with Gasteiger partial charge in [-0.3, -0.25) is 0 Å². The van der Waals surface area contributed by atoms with Gasteiger partial charge in [0, 0.05) is 18.8 Å². The SMILES string of the molecule is CC(C)CN1CCC(S(C)(=O)=O)C[C@@H]1C. The second-order valence-corrected chi connectivity index (χ2v) is 7.54. The van der Waals surface area contributed by atoms with E-state index in [-0.39, 0.29) is 5.25 Å². The molecular formula is C11H23NO2S. The Bertz CT molecular complexity index is 298. The molecule has 3 nitrogen and oxygen atoms in total. The number of likely N-dealkylation sites (tertiary alicyclic amines) is 1. The van der Waals surface area contributed by atoms with Gasteiger partial charge in [-0.15, -0.1) is 0 Å². The van der Waals surface area contributed by atoms with E-state index in [2.05, 4.69) is 25.7 Å². The average Bonchev–Trinajstić information content (AvgIpc) is 2.05. The Morgan fingerprint density at radius 1 is 1.40 bits per heavy atom. The first-order chi connectivity index (χ1) is 6.80. The summed E-state index contributed by atoms with van der Waals surface area (Å²) < 4.78 is 22.9. The first kappa shape index (κ1) is 13.0. The van der Waals surface area contributed by atoms with Gasteiger partial charge in [-0.25, -0.2) is 8.42 Å². The molecule has 0 spiro atoms. The van der Waals surface area contributed by atoms with Crippen LogP contribution in [-0.4, -0.2) is 44.0 Å². The van der Waals surface area contributed by atoms with Gasteiger partial charge in [-0.1, -0.05) is 13.8 Å². The molecule has 1 rings (SSSR count). The van der Waals surface area contributed by atoms with Crippen LogP contribution in [0, 0.1) is 5.92 Å². The maximum Gasteiger partial charge on any atom is 0.150 e. The van der Waals surface area contributed by atoms with Crippen LogP contribution >= 0.6 is 0 Å². The number of sulfone groups is 1. The van der Waals surface area contributed by atoms with Crippen molar-refractivity contribution < 1.29 is 8.42 Å². The number of rotatable bonds is 3.